The van der Waals surface area contributed by atoms with E-state index in [-0.39, 0.29) is 0 Å². The van der Waals surface area contributed by atoms with Crippen LogP contribution in [0.2, 0.25) is 0 Å². The van der Waals surface area contributed by atoms with Gasteiger partial charge in [-0.05, 0) is 6.92 Å². The van der Waals surface area contributed by atoms with Gasteiger partial charge in [0.15, 0.2) is 0 Å². The Hall–Kier alpha value is -0.680. The molecule has 0 aromatic carbocycles. The molecule has 1 aliphatic heterocycles. The summed E-state index contributed by atoms with van der Waals surface area (Å²) in [6, 6.07) is 0. The first-order valence-electron chi connectivity index (χ1n) is 5.02. The van der Waals surface area contributed by atoms with E-state index in [1.807, 2.05) is 13.1 Å². The lowest BCUT2D eigenvalue weighted by molar-refractivity contribution is 0.122. The Kier molecular flexibility index (Phi) is 3.53. The molecule has 1 saturated heterocycles. The predicted molar refractivity (Wildman–Crippen MR) is 62.4 cm³/mol. The molecular weight excluding hydrogens is 258 g/mol. The summed E-state index contributed by atoms with van der Waals surface area (Å²) >= 11 is 3.42. The average molecular weight is 272 g/mol. The van der Waals surface area contributed by atoms with Crippen LogP contribution in [-0.4, -0.2) is 36.3 Å². The highest BCUT2D eigenvalue weighted by Crippen LogP contribution is 2.14. The maximum Gasteiger partial charge on any atom is 0.225 e. The van der Waals surface area contributed by atoms with Gasteiger partial charge in [-0.2, -0.15) is 0 Å². The highest BCUT2D eigenvalue weighted by molar-refractivity contribution is 9.08. The van der Waals surface area contributed by atoms with Crippen molar-refractivity contribution >= 4 is 21.9 Å². The summed E-state index contributed by atoms with van der Waals surface area (Å²) in [4.78, 5) is 11.0. The average Bonchev–Trinajstić information content (AvgIpc) is 2.30. The lowest BCUT2D eigenvalue weighted by atomic mass is 10.3. The second-order valence-electron chi connectivity index (χ2n) is 3.51. The zero-order chi connectivity index (χ0) is 10.7. The van der Waals surface area contributed by atoms with Gasteiger partial charge >= 0.3 is 0 Å². The van der Waals surface area contributed by atoms with Gasteiger partial charge < -0.3 is 9.64 Å². The molecule has 1 aromatic heterocycles. The van der Waals surface area contributed by atoms with E-state index in [1.165, 1.54) is 0 Å². The van der Waals surface area contributed by atoms with E-state index < -0.39 is 0 Å². The van der Waals surface area contributed by atoms with Gasteiger partial charge in [-0.25, -0.2) is 9.97 Å². The molecular formula is C10H14BrN3O. The smallest absolute Gasteiger partial charge is 0.225 e. The molecule has 0 atom stereocenters. The number of alkyl halides is 1. The molecule has 0 spiro atoms. The third-order valence-corrected chi connectivity index (χ3v) is 3.11. The molecule has 1 aromatic rings. The Labute approximate surface area is 97.8 Å². The monoisotopic (exact) mass is 271 g/mol. The number of aromatic nitrogens is 2. The van der Waals surface area contributed by atoms with E-state index in [0.717, 1.165) is 48.8 Å². The zero-order valence-corrected chi connectivity index (χ0v) is 10.3. The van der Waals surface area contributed by atoms with E-state index in [1.54, 1.807) is 0 Å². The number of nitrogens with zero attached hydrogens (tertiary/aromatic N) is 3. The number of morpholine rings is 1. The van der Waals surface area contributed by atoms with Crippen molar-refractivity contribution in [3.8, 4) is 0 Å². The van der Waals surface area contributed by atoms with Crippen LogP contribution in [0.5, 0.6) is 0 Å². The third-order valence-electron chi connectivity index (χ3n) is 2.51. The topological polar surface area (TPSA) is 38.2 Å². The Balaban J connectivity index is 2.17. The molecule has 0 unspecified atom stereocenters. The first kappa shape index (κ1) is 10.8. The molecule has 2 rings (SSSR count). The molecule has 0 saturated carbocycles. The molecule has 0 N–H and O–H groups in total. The Bertz CT molecular complexity index is 339. The summed E-state index contributed by atoms with van der Waals surface area (Å²) in [6.07, 6.45) is 1.89. The van der Waals surface area contributed by atoms with Crippen molar-refractivity contribution in [2.45, 2.75) is 12.3 Å². The molecule has 4 nitrogen and oxygen atoms in total. The van der Waals surface area contributed by atoms with E-state index in [0.29, 0.717) is 0 Å². The summed E-state index contributed by atoms with van der Waals surface area (Å²) in [5.41, 5.74) is 2.19. The summed E-state index contributed by atoms with van der Waals surface area (Å²) in [6.45, 7) is 5.31. The quantitative estimate of drug-likeness (QED) is 0.765. The van der Waals surface area contributed by atoms with Gasteiger partial charge in [0.1, 0.15) is 0 Å². The normalized spacial score (nSPS) is 16.8. The van der Waals surface area contributed by atoms with Crippen LogP contribution in [0.4, 0.5) is 5.95 Å². The van der Waals surface area contributed by atoms with Crippen molar-refractivity contribution < 1.29 is 4.74 Å². The SMILES string of the molecule is Cc1nc(N2CCOCC2)ncc1CBr. The van der Waals surface area contributed by atoms with Crippen LogP contribution in [-0.2, 0) is 10.1 Å². The molecule has 1 fully saturated rings. The fraction of sp³-hybridized carbons (Fsp3) is 0.600. The van der Waals surface area contributed by atoms with Gasteiger partial charge in [-0.1, -0.05) is 15.9 Å². The molecule has 0 radical (unpaired) electrons. The van der Waals surface area contributed by atoms with Crippen LogP contribution >= 0.6 is 15.9 Å². The van der Waals surface area contributed by atoms with Crippen LogP contribution < -0.4 is 4.90 Å². The molecule has 15 heavy (non-hydrogen) atoms. The van der Waals surface area contributed by atoms with Gasteiger partial charge in [-0.3, -0.25) is 0 Å². The lowest BCUT2D eigenvalue weighted by Gasteiger charge is -2.26. The fourth-order valence-corrected chi connectivity index (χ4v) is 2.08. The van der Waals surface area contributed by atoms with Crippen molar-refractivity contribution in [1.82, 2.24) is 9.97 Å². The van der Waals surface area contributed by atoms with Crippen LogP contribution in [0.25, 0.3) is 0 Å². The van der Waals surface area contributed by atoms with E-state index in [9.17, 15) is 0 Å². The van der Waals surface area contributed by atoms with Gasteiger partial charge in [0, 0.05) is 35.9 Å². The Morgan fingerprint density at radius 3 is 2.80 bits per heavy atom. The van der Waals surface area contributed by atoms with Crippen LogP contribution in [0.1, 0.15) is 11.3 Å². The predicted octanol–water partition coefficient (Wildman–Crippen LogP) is 1.52. The second-order valence-corrected chi connectivity index (χ2v) is 4.07. The molecule has 0 aliphatic carbocycles. The molecule has 0 amide bonds. The first-order valence-corrected chi connectivity index (χ1v) is 6.14. The third kappa shape index (κ3) is 2.46. The minimum absolute atomic E-state index is 0.766. The summed E-state index contributed by atoms with van der Waals surface area (Å²) in [5, 5.41) is 0.808. The summed E-state index contributed by atoms with van der Waals surface area (Å²) in [5.74, 6) is 0.820. The highest BCUT2D eigenvalue weighted by Gasteiger charge is 2.14. The molecule has 1 aliphatic rings. The number of hydrogen-bond donors (Lipinski definition) is 0. The number of halogens is 1. The summed E-state index contributed by atoms with van der Waals surface area (Å²) < 4.78 is 5.29. The van der Waals surface area contributed by atoms with Crippen LogP contribution in [0, 0.1) is 6.92 Å². The second kappa shape index (κ2) is 4.90. The number of rotatable bonds is 2. The van der Waals surface area contributed by atoms with E-state index in [2.05, 4.69) is 30.8 Å². The minimum atomic E-state index is 0.766. The van der Waals surface area contributed by atoms with Crippen LogP contribution in [0.15, 0.2) is 6.20 Å². The van der Waals surface area contributed by atoms with Crippen molar-refractivity contribution in [3.05, 3.63) is 17.5 Å². The van der Waals surface area contributed by atoms with E-state index >= 15 is 0 Å². The maximum absolute atomic E-state index is 5.29. The number of anilines is 1. The van der Waals surface area contributed by atoms with Crippen molar-refractivity contribution in [1.29, 1.82) is 0 Å². The van der Waals surface area contributed by atoms with Gasteiger partial charge in [0.2, 0.25) is 5.95 Å². The highest BCUT2D eigenvalue weighted by atomic mass is 79.9. The zero-order valence-electron chi connectivity index (χ0n) is 8.74. The molecule has 0 bridgehead atoms. The van der Waals surface area contributed by atoms with E-state index in [4.69, 9.17) is 4.74 Å². The van der Waals surface area contributed by atoms with Crippen LogP contribution in [0.3, 0.4) is 0 Å². The first-order chi connectivity index (χ1) is 7.31. The molecule has 2 heterocycles. The Morgan fingerprint density at radius 1 is 1.47 bits per heavy atom. The summed E-state index contributed by atoms with van der Waals surface area (Å²) in [7, 11) is 0. The van der Waals surface area contributed by atoms with Crippen molar-refractivity contribution in [2.24, 2.45) is 0 Å². The number of hydrogen-bond acceptors (Lipinski definition) is 4. The lowest BCUT2D eigenvalue weighted by Crippen LogP contribution is -2.37. The van der Waals surface area contributed by atoms with Gasteiger partial charge in [0.25, 0.3) is 0 Å². The largest absolute Gasteiger partial charge is 0.378 e. The van der Waals surface area contributed by atoms with Gasteiger partial charge in [-0.15, -0.1) is 0 Å². The van der Waals surface area contributed by atoms with Crippen molar-refractivity contribution in [2.75, 3.05) is 31.2 Å². The maximum atomic E-state index is 5.29. The number of aryl methyl sites for hydroxylation is 1. The molecule has 82 valence electrons. The van der Waals surface area contributed by atoms with Gasteiger partial charge in [0.05, 0.1) is 13.2 Å². The number of ether oxygens (including phenoxy) is 1. The Morgan fingerprint density at radius 2 is 2.20 bits per heavy atom. The van der Waals surface area contributed by atoms with Crippen molar-refractivity contribution in [3.63, 3.8) is 0 Å². The molecule has 5 heteroatoms. The minimum Gasteiger partial charge on any atom is -0.378 e. The standard InChI is InChI=1S/C10H14BrN3O/c1-8-9(6-11)7-12-10(13-8)14-2-4-15-5-3-14/h7H,2-6H2,1H3. The fourth-order valence-electron chi connectivity index (χ4n) is 1.53.